The van der Waals surface area contributed by atoms with Crippen LogP contribution in [0.5, 0.6) is 0 Å². The van der Waals surface area contributed by atoms with Crippen LogP contribution >= 0.6 is 0 Å². The van der Waals surface area contributed by atoms with Gasteiger partial charge >= 0.3 is 0 Å². The molecule has 92 valence electrons. The predicted octanol–water partition coefficient (Wildman–Crippen LogP) is 0.639. The highest BCUT2D eigenvalue weighted by atomic mass is 16.2. The van der Waals surface area contributed by atoms with Crippen molar-refractivity contribution < 1.29 is 4.79 Å². The van der Waals surface area contributed by atoms with E-state index in [1.807, 2.05) is 6.92 Å². The van der Waals surface area contributed by atoms with Crippen LogP contribution in [0.2, 0.25) is 0 Å². The summed E-state index contributed by atoms with van der Waals surface area (Å²) < 4.78 is 0. The molecule has 0 aromatic carbocycles. The average molecular weight is 225 g/mol. The first-order valence-corrected chi connectivity index (χ1v) is 6.36. The third-order valence-corrected chi connectivity index (χ3v) is 4.03. The van der Waals surface area contributed by atoms with E-state index in [-0.39, 0.29) is 17.6 Å². The molecular formula is C12H23N3O. The summed E-state index contributed by atoms with van der Waals surface area (Å²) in [6, 6.07) is 0.0448. The normalized spacial score (nSPS) is 30.9. The summed E-state index contributed by atoms with van der Waals surface area (Å²) in [6.07, 6.45) is 3.22. The van der Waals surface area contributed by atoms with Gasteiger partial charge in [-0.2, -0.15) is 0 Å². The van der Waals surface area contributed by atoms with Crippen molar-refractivity contribution in [2.45, 2.75) is 44.8 Å². The maximum absolute atomic E-state index is 11.8. The fourth-order valence-corrected chi connectivity index (χ4v) is 2.97. The molecule has 0 aromatic rings. The highest BCUT2D eigenvalue weighted by molar-refractivity contribution is 5.84. The molecule has 2 aliphatic rings. The van der Waals surface area contributed by atoms with Crippen LogP contribution in [0.4, 0.5) is 0 Å². The lowest BCUT2D eigenvalue weighted by Crippen LogP contribution is -2.58. The number of likely N-dealkylation sites (tertiary alicyclic amines) is 1. The maximum Gasteiger partial charge on any atom is 0.238 e. The Morgan fingerprint density at radius 1 is 1.44 bits per heavy atom. The number of hydrogen-bond donors (Lipinski definition) is 1. The van der Waals surface area contributed by atoms with Crippen LogP contribution in [0.15, 0.2) is 0 Å². The fraction of sp³-hybridized carbons (Fsp3) is 0.917. The third kappa shape index (κ3) is 1.84. The Hall–Kier alpha value is -0.610. The van der Waals surface area contributed by atoms with Gasteiger partial charge in [-0.1, -0.05) is 6.92 Å². The molecule has 2 saturated heterocycles. The number of amides is 1. The van der Waals surface area contributed by atoms with E-state index in [2.05, 4.69) is 29.1 Å². The van der Waals surface area contributed by atoms with Crippen molar-refractivity contribution in [1.29, 1.82) is 0 Å². The first-order valence-electron chi connectivity index (χ1n) is 6.36. The Morgan fingerprint density at radius 3 is 2.62 bits per heavy atom. The summed E-state index contributed by atoms with van der Waals surface area (Å²) in [5.74, 6) is 0.206. The number of hydrogen-bond acceptors (Lipinski definition) is 3. The van der Waals surface area contributed by atoms with Gasteiger partial charge in [-0.3, -0.25) is 9.69 Å². The summed E-state index contributed by atoms with van der Waals surface area (Å²) in [4.78, 5) is 16.6. The average Bonchev–Trinajstić information content (AvgIpc) is 2.49. The minimum absolute atomic E-state index is 0.0426. The molecule has 16 heavy (non-hydrogen) atoms. The van der Waals surface area contributed by atoms with E-state index in [0.29, 0.717) is 0 Å². The molecule has 0 saturated carbocycles. The largest absolute Gasteiger partial charge is 0.336 e. The minimum atomic E-state index is -0.0426. The van der Waals surface area contributed by atoms with Crippen LogP contribution in [0, 0.1) is 0 Å². The van der Waals surface area contributed by atoms with E-state index in [1.165, 1.54) is 0 Å². The quantitative estimate of drug-likeness (QED) is 0.749. The molecule has 2 fully saturated rings. The van der Waals surface area contributed by atoms with Gasteiger partial charge < -0.3 is 10.2 Å². The van der Waals surface area contributed by atoms with Crippen molar-refractivity contribution in [3.05, 3.63) is 0 Å². The lowest BCUT2D eigenvalue weighted by molar-refractivity contribution is -0.121. The summed E-state index contributed by atoms with van der Waals surface area (Å²) in [5.41, 5.74) is -0.0426. The Labute approximate surface area is 98.0 Å². The van der Waals surface area contributed by atoms with Crippen LogP contribution in [0.25, 0.3) is 0 Å². The molecule has 4 nitrogen and oxygen atoms in total. The number of nitrogens with one attached hydrogen (secondary N) is 1. The number of rotatable bonds is 2. The molecule has 1 amide bonds. The van der Waals surface area contributed by atoms with Crippen molar-refractivity contribution in [2.75, 3.05) is 26.7 Å². The Kier molecular flexibility index (Phi) is 3.22. The monoisotopic (exact) mass is 225 g/mol. The molecule has 1 unspecified atom stereocenters. The number of carbonyl (C=O) groups excluding carboxylic acids is 1. The second kappa shape index (κ2) is 4.34. The minimum Gasteiger partial charge on any atom is -0.336 e. The van der Waals surface area contributed by atoms with Crippen LogP contribution < -0.4 is 5.32 Å². The van der Waals surface area contributed by atoms with E-state index in [9.17, 15) is 4.79 Å². The SMILES string of the molecule is CCCN1C(C)C(=O)NC12CCN(C)CC2. The lowest BCUT2D eigenvalue weighted by atomic mass is 9.96. The lowest BCUT2D eigenvalue weighted by Gasteiger charge is -2.44. The van der Waals surface area contributed by atoms with Gasteiger partial charge in [0.2, 0.25) is 5.91 Å². The first-order chi connectivity index (χ1) is 7.59. The Morgan fingerprint density at radius 2 is 2.06 bits per heavy atom. The topological polar surface area (TPSA) is 35.6 Å². The zero-order chi connectivity index (χ0) is 11.8. The molecule has 0 bridgehead atoms. The molecule has 2 heterocycles. The number of carbonyl (C=O) groups is 1. The highest BCUT2D eigenvalue weighted by Gasteiger charge is 2.49. The third-order valence-electron chi connectivity index (χ3n) is 4.03. The van der Waals surface area contributed by atoms with Gasteiger partial charge in [-0.25, -0.2) is 0 Å². The summed E-state index contributed by atoms with van der Waals surface area (Å²) >= 11 is 0. The Bertz CT molecular complexity index is 271. The zero-order valence-electron chi connectivity index (χ0n) is 10.6. The molecule has 0 aliphatic carbocycles. The first kappa shape index (κ1) is 11.9. The molecule has 4 heteroatoms. The van der Waals surface area contributed by atoms with Gasteiger partial charge in [-0.05, 0) is 33.2 Å². The van der Waals surface area contributed by atoms with Gasteiger partial charge in [-0.15, -0.1) is 0 Å². The summed E-state index contributed by atoms with van der Waals surface area (Å²) in [7, 11) is 2.15. The van der Waals surface area contributed by atoms with Crippen molar-refractivity contribution in [3.8, 4) is 0 Å². The van der Waals surface area contributed by atoms with E-state index in [1.54, 1.807) is 0 Å². The molecule has 1 N–H and O–H groups in total. The van der Waals surface area contributed by atoms with E-state index < -0.39 is 0 Å². The molecule has 1 spiro atoms. The van der Waals surface area contributed by atoms with Crippen molar-refractivity contribution >= 4 is 5.91 Å². The van der Waals surface area contributed by atoms with Crippen LogP contribution in [0.3, 0.4) is 0 Å². The molecule has 0 aromatic heterocycles. The van der Waals surface area contributed by atoms with Gasteiger partial charge in [0.15, 0.2) is 0 Å². The van der Waals surface area contributed by atoms with E-state index in [4.69, 9.17) is 0 Å². The fourth-order valence-electron chi connectivity index (χ4n) is 2.97. The van der Waals surface area contributed by atoms with Crippen molar-refractivity contribution in [3.63, 3.8) is 0 Å². The van der Waals surface area contributed by atoms with Gasteiger partial charge in [0.25, 0.3) is 0 Å². The van der Waals surface area contributed by atoms with Crippen LogP contribution in [0.1, 0.15) is 33.1 Å². The van der Waals surface area contributed by atoms with Gasteiger partial charge in [0, 0.05) is 19.6 Å². The molecule has 2 aliphatic heterocycles. The van der Waals surface area contributed by atoms with Gasteiger partial charge in [0.1, 0.15) is 0 Å². The summed E-state index contributed by atoms with van der Waals surface area (Å²) in [5, 5.41) is 3.23. The van der Waals surface area contributed by atoms with Gasteiger partial charge in [0.05, 0.1) is 11.7 Å². The predicted molar refractivity (Wildman–Crippen MR) is 64.1 cm³/mol. The van der Waals surface area contributed by atoms with Crippen LogP contribution in [-0.2, 0) is 4.79 Å². The molecule has 1 atom stereocenters. The molecule has 0 radical (unpaired) electrons. The molecular weight excluding hydrogens is 202 g/mol. The van der Waals surface area contributed by atoms with Crippen molar-refractivity contribution in [1.82, 2.24) is 15.1 Å². The molecule has 2 rings (SSSR count). The van der Waals surface area contributed by atoms with Crippen LogP contribution in [-0.4, -0.2) is 54.1 Å². The second-order valence-corrected chi connectivity index (χ2v) is 5.19. The smallest absolute Gasteiger partial charge is 0.238 e. The zero-order valence-corrected chi connectivity index (χ0v) is 10.6. The highest BCUT2D eigenvalue weighted by Crippen LogP contribution is 2.32. The summed E-state index contributed by atoms with van der Waals surface area (Å²) in [6.45, 7) is 7.38. The van der Waals surface area contributed by atoms with E-state index >= 15 is 0 Å². The Balaban J connectivity index is 2.15. The van der Waals surface area contributed by atoms with E-state index in [0.717, 1.165) is 38.9 Å². The van der Waals surface area contributed by atoms with Crippen molar-refractivity contribution in [2.24, 2.45) is 0 Å². The number of nitrogens with zero attached hydrogens (tertiary/aromatic N) is 2. The number of piperidine rings is 1. The standard InChI is InChI=1S/C12H23N3O/c1-4-7-15-10(2)11(16)13-12(15)5-8-14(3)9-6-12/h10H,4-9H2,1-3H3,(H,13,16). The second-order valence-electron chi connectivity index (χ2n) is 5.19. The maximum atomic E-state index is 11.8.